The summed E-state index contributed by atoms with van der Waals surface area (Å²) in [6, 6.07) is 4.82. The molecule has 0 amide bonds. The van der Waals surface area contributed by atoms with Crippen LogP contribution in [0.2, 0.25) is 0 Å². The summed E-state index contributed by atoms with van der Waals surface area (Å²) < 4.78 is 28.0. The zero-order chi connectivity index (χ0) is 16.2. The molecular formula is C15H26N2O3S. The molecule has 0 bridgehead atoms. The van der Waals surface area contributed by atoms with E-state index in [9.17, 15) is 13.5 Å². The summed E-state index contributed by atoms with van der Waals surface area (Å²) in [5.74, 6) is 0.184. The summed E-state index contributed by atoms with van der Waals surface area (Å²) in [7, 11) is 0.235. The first kappa shape index (κ1) is 18.1. The SMILES string of the molecule is Cc1ccc(CO)cc1S(=O)(=O)NC(CN(C)C)C(C)C. The van der Waals surface area contributed by atoms with Gasteiger partial charge in [0.25, 0.3) is 0 Å². The number of nitrogens with zero attached hydrogens (tertiary/aromatic N) is 1. The zero-order valence-electron chi connectivity index (χ0n) is 13.4. The molecule has 0 aliphatic heterocycles. The third kappa shape index (κ3) is 5.07. The summed E-state index contributed by atoms with van der Waals surface area (Å²) in [5.41, 5.74) is 1.27. The van der Waals surface area contributed by atoms with E-state index in [-0.39, 0.29) is 23.5 Å². The van der Waals surface area contributed by atoms with E-state index in [1.807, 2.05) is 32.8 Å². The van der Waals surface area contributed by atoms with Gasteiger partial charge in [-0.05, 0) is 44.1 Å². The van der Waals surface area contributed by atoms with Crippen LogP contribution in [0.5, 0.6) is 0 Å². The Hall–Kier alpha value is -0.950. The number of likely N-dealkylation sites (N-methyl/N-ethyl adjacent to an activating group) is 1. The minimum Gasteiger partial charge on any atom is -0.392 e. The molecule has 0 aliphatic rings. The fourth-order valence-corrected chi connectivity index (χ4v) is 3.74. The van der Waals surface area contributed by atoms with E-state index in [1.165, 1.54) is 6.07 Å². The maximum atomic E-state index is 12.6. The van der Waals surface area contributed by atoms with Crippen LogP contribution in [0.1, 0.15) is 25.0 Å². The summed E-state index contributed by atoms with van der Waals surface area (Å²) in [6.45, 7) is 6.21. The van der Waals surface area contributed by atoms with Gasteiger partial charge in [-0.25, -0.2) is 13.1 Å². The highest BCUT2D eigenvalue weighted by Gasteiger charge is 2.24. The van der Waals surface area contributed by atoms with Gasteiger partial charge in [-0.3, -0.25) is 0 Å². The molecule has 1 aromatic rings. The number of hydrogen-bond donors (Lipinski definition) is 2. The van der Waals surface area contributed by atoms with E-state index in [4.69, 9.17) is 0 Å². The van der Waals surface area contributed by atoms with Crippen molar-refractivity contribution in [1.82, 2.24) is 9.62 Å². The number of rotatable bonds is 7. The molecule has 6 heteroatoms. The average Bonchev–Trinajstić information content (AvgIpc) is 2.37. The van der Waals surface area contributed by atoms with Gasteiger partial charge in [-0.1, -0.05) is 26.0 Å². The number of aliphatic hydroxyl groups is 1. The van der Waals surface area contributed by atoms with Crippen LogP contribution in [0.25, 0.3) is 0 Å². The van der Waals surface area contributed by atoms with Crippen molar-refractivity contribution in [1.29, 1.82) is 0 Å². The second kappa shape index (κ2) is 7.35. The maximum absolute atomic E-state index is 12.6. The van der Waals surface area contributed by atoms with Crippen molar-refractivity contribution in [3.8, 4) is 0 Å². The average molecular weight is 314 g/mol. The molecule has 0 spiro atoms. The molecule has 0 saturated carbocycles. The van der Waals surface area contributed by atoms with Crippen LogP contribution in [0.4, 0.5) is 0 Å². The summed E-state index contributed by atoms with van der Waals surface area (Å²) in [6.07, 6.45) is 0. The second-order valence-corrected chi connectivity index (χ2v) is 7.67. The van der Waals surface area contributed by atoms with Gasteiger partial charge in [0.05, 0.1) is 11.5 Å². The van der Waals surface area contributed by atoms with Crippen LogP contribution in [0.3, 0.4) is 0 Å². The highest BCUT2D eigenvalue weighted by Crippen LogP contribution is 2.18. The monoisotopic (exact) mass is 314 g/mol. The van der Waals surface area contributed by atoms with E-state index in [1.54, 1.807) is 19.1 Å². The quantitative estimate of drug-likeness (QED) is 0.797. The highest BCUT2D eigenvalue weighted by molar-refractivity contribution is 7.89. The number of nitrogens with one attached hydrogen (secondary N) is 1. The third-order valence-electron chi connectivity index (χ3n) is 3.40. The molecule has 1 unspecified atom stereocenters. The fourth-order valence-electron chi connectivity index (χ4n) is 2.07. The van der Waals surface area contributed by atoms with Gasteiger partial charge >= 0.3 is 0 Å². The first-order chi connectivity index (χ1) is 9.67. The molecule has 1 rings (SSSR count). The van der Waals surface area contributed by atoms with Crippen LogP contribution < -0.4 is 4.72 Å². The Morgan fingerprint density at radius 3 is 2.38 bits per heavy atom. The van der Waals surface area contributed by atoms with E-state index >= 15 is 0 Å². The van der Waals surface area contributed by atoms with Crippen molar-refractivity contribution >= 4 is 10.0 Å². The Kier molecular flexibility index (Phi) is 6.34. The first-order valence-electron chi connectivity index (χ1n) is 7.05. The number of aryl methyl sites for hydroxylation is 1. The van der Waals surface area contributed by atoms with Gasteiger partial charge < -0.3 is 10.0 Å². The lowest BCUT2D eigenvalue weighted by atomic mass is 10.1. The topological polar surface area (TPSA) is 69.6 Å². The van der Waals surface area contributed by atoms with Crippen molar-refractivity contribution in [3.05, 3.63) is 29.3 Å². The molecule has 0 aromatic heterocycles. The molecule has 0 fully saturated rings. The number of benzene rings is 1. The van der Waals surface area contributed by atoms with E-state index in [0.29, 0.717) is 17.7 Å². The molecular weight excluding hydrogens is 288 g/mol. The van der Waals surface area contributed by atoms with Gasteiger partial charge in [0.1, 0.15) is 0 Å². The van der Waals surface area contributed by atoms with Crippen molar-refractivity contribution in [2.45, 2.75) is 38.3 Å². The van der Waals surface area contributed by atoms with Gasteiger partial charge in [0, 0.05) is 12.6 Å². The predicted molar refractivity (Wildman–Crippen MR) is 84.6 cm³/mol. The zero-order valence-corrected chi connectivity index (χ0v) is 14.2. The summed E-state index contributed by atoms with van der Waals surface area (Å²) >= 11 is 0. The highest BCUT2D eigenvalue weighted by atomic mass is 32.2. The van der Waals surface area contributed by atoms with Crippen molar-refractivity contribution in [2.75, 3.05) is 20.6 Å². The standard InChI is InChI=1S/C15H26N2O3S/c1-11(2)14(9-17(4)5)16-21(19,20)15-8-13(10-18)7-6-12(15)3/h6-8,11,14,16,18H,9-10H2,1-5H3. The predicted octanol–water partition coefficient (Wildman–Crippen LogP) is 1.35. The van der Waals surface area contributed by atoms with Crippen LogP contribution in [-0.4, -0.2) is 45.1 Å². The molecule has 120 valence electrons. The van der Waals surface area contributed by atoms with E-state index in [0.717, 1.165) is 0 Å². The van der Waals surface area contributed by atoms with Crippen molar-refractivity contribution in [2.24, 2.45) is 5.92 Å². The molecule has 2 N–H and O–H groups in total. The molecule has 0 aliphatic carbocycles. The molecule has 21 heavy (non-hydrogen) atoms. The van der Waals surface area contributed by atoms with Gasteiger partial charge in [0.2, 0.25) is 10.0 Å². The molecule has 5 nitrogen and oxygen atoms in total. The fraction of sp³-hybridized carbons (Fsp3) is 0.600. The van der Waals surface area contributed by atoms with Crippen LogP contribution >= 0.6 is 0 Å². The maximum Gasteiger partial charge on any atom is 0.241 e. The third-order valence-corrected chi connectivity index (χ3v) is 5.03. The lowest BCUT2D eigenvalue weighted by Crippen LogP contribution is -2.45. The number of aliphatic hydroxyl groups excluding tert-OH is 1. The Morgan fingerprint density at radius 1 is 1.29 bits per heavy atom. The Labute approximate surface area is 128 Å². The van der Waals surface area contributed by atoms with Gasteiger partial charge in [-0.15, -0.1) is 0 Å². The van der Waals surface area contributed by atoms with Crippen LogP contribution in [0, 0.1) is 12.8 Å². The Balaban J connectivity index is 3.10. The Morgan fingerprint density at radius 2 is 1.90 bits per heavy atom. The second-order valence-electron chi connectivity index (χ2n) is 5.99. The molecule has 0 radical (unpaired) electrons. The lowest BCUT2D eigenvalue weighted by Gasteiger charge is -2.25. The molecule has 0 heterocycles. The van der Waals surface area contributed by atoms with Gasteiger partial charge in [0.15, 0.2) is 0 Å². The number of hydrogen-bond acceptors (Lipinski definition) is 4. The van der Waals surface area contributed by atoms with E-state index in [2.05, 4.69) is 4.72 Å². The number of sulfonamides is 1. The summed E-state index contributed by atoms with van der Waals surface area (Å²) in [4.78, 5) is 2.20. The van der Waals surface area contributed by atoms with Gasteiger partial charge in [-0.2, -0.15) is 0 Å². The van der Waals surface area contributed by atoms with Crippen molar-refractivity contribution in [3.63, 3.8) is 0 Å². The van der Waals surface area contributed by atoms with Crippen LogP contribution in [-0.2, 0) is 16.6 Å². The Bertz CT molecular complexity index is 568. The lowest BCUT2D eigenvalue weighted by molar-refractivity contribution is 0.281. The van der Waals surface area contributed by atoms with E-state index < -0.39 is 10.0 Å². The molecule has 1 aromatic carbocycles. The van der Waals surface area contributed by atoms with Crippen molar-refractivity contribution < 1.29 is 13.5 Å². The minimum absolute atomic E-state index is 0.165. The smallest absolute Gasteiger partial charge is 0.241 e. The molecule has 0 saturated heterocycles. The van der Waals surface area contributed by atoms with Crippen LogP contribution in [0.15, 0.2) is 23.1 Å². The first-order valence-corrected chi connectivity index (χ1v) is 8.53. The minimum atomic E-state index is -3.60. The summed E-state index contributed by atoms with van der Waals surface area (Å²) in [5, 5.41) is 9.19. The normalized spacial score (nSPS) is 13.9. The molecule has 1 atom stereocenters. The largest absolute Gasteiger partial charge is 0.392 e.